The largest absolute Gasteiger partial charge is 0.480 e. The van der Waals surface area contributed by atoms with E-state index in [4.69, 9.17) is 10.8 Å². The van der Waals surface area contributed by atoms with E-state index in [1.807, 2.05) is 6.20 Å². The summed E-state index contributed by atoms with van der Waals surface area (Å²) in [6.45, 7) is 4.12. The number of aromatic nitrogens is 3. The predicted octanol–water partition coefficient (Wildman–Crippen LogP) is 0.937. The van der Waals surface area contributed by atoms with E-state index in [2.05, 4.69) is 23.8 Å². The maximum absolute atomic E-state index is 10.8. The van der Waals surface area contributed by atoms with Gasteiger partial charge in [0, 0.05) is 18.6 Å². The van der Waals surface area contributed by atoms with Crippen LogP contribution in [-0.4, -0.2) is 25.4 Å². The van der Waals surface area contributed by atoms with E-state index in [0.717, 1.165) is 5.56 Å². The topological polar surface area (TPSA) is 93.5 Å². The zero-order valence-corrected chi connectivity index (χ0v) is 9.66. The summed E-state index contributed by atoms with van der Waals surface area (Å²) in [5, 5.41) is 8.81. The first kappa shape index (κ1) is 11.5. The van der Waals surface area contributed by atoms with Gasteiger partial charge in [-0.05, 0) is 11.5 Å². The third kappa shape index (κ3) is 2.12. The van der Waals surface area contributed by atoms with E-state index in [-0.39, 0.29) is 0 Å². The number of rotatable bonds is 3. The van der Waals surface area contributed by atoms with Gasteiger partial charge in [0.05, 0.1) is 5.69 Å². The molecule has 6 nitrogen and oxygen atoms in total. The van der Waals surface area contributed by atoms with Gasteiger partial charge in [-0.3, -0.25) is 9.20 Å². The van der Waals surface area contributed by atoms with Crippen molar-refractivity contribution in [2.24, 2.45) is 5.73 Å². The molecule has 0 amide bonds. The van der Waals surface area contributed by atoms with Crippen molar-refractivity contribution in [3.05, 3.63) is 29.8 Å². The van der Waals surface area contributed by atoms with E-state index >= 15 is 0 Å². The maximum atomic E-state index is 10.8. The molecular formula is C11H14N4O2. The first-order chi connectivity index (χ1) is 7.99. The van der Waals surface area contributed by atoms with Crippen LogP contribution in [0.1, 0.15) is 37.1 Å². The molecule has 3 N–H and O–H groups in total. The third-order valence-electron chi connectivity index (χ3n) is 2.60. The lowest BCUT2D eigenvalue weighted by Gasteiger charge is -2.03. The average molecular weight is 234 g/mol. The standard InChI is InChI=1S/C11H14N4O2/c1-6(2)7-3-13-11-14-8(5-15(11)4-7)9(12)10(16)17/h3-6,9H,12H2,1-2H3,(H,16,17). The van der Waals surface area contributed by atoms with Crippen LogP contribution in [0.4, 0.5) is 0 Å². The molecule has 0 saturated heterocycles. The van der Waals surface area contributed by atoms with E-state index in [1.54, 1.807) is 16.8 Å². The van der Waals surface area contributed by atoms with Gasteiger partial charge < -0.3 is 10.8 Å². The quantitative estimate of drug-likeness (QED) is 0.824. The Morgan fingerprint density at radius 1 is 1.47 bits per heavy atom. The molecule has 0 radical (unpaired) electrons. The highest BCUT2D eigenvalue weighted by Gasteiger charge is 2.18. The third-order valence-corrected chi connectivity index (χ3v) is 2.60. The van der Waals surface area contributed by atoms with E-state index in [0.29, 0.717) is 17.4 Å². The molecule has 0 aliphatic carbocycles. The van der Waals surface area contributed by atoms with Crippen LogP contribution >= 0.6 is 0 Å². The second-order valence-corrected chi connectivity index (χ2v) is 4.23. The number of carboxylic acids is 1. The summed E-state index contributed by atoms with van der Waals surface area (Å²) in [5.74, 6) is -0.288. The molecule has 1 unspecified atom stereocenters. The molecule has 0 spiro atoms. The van der Waals surface area contributed by atoms with Crippen LogP contribution in [0.2, 0.25) is 0 Å². The molecule has 0 saturated carbocycles. The number of nitrogens with zero attached hydrogens (tertiary/aromatic N) is 3. The summed E-state index contributed by atoms with van der Waals surface area (Å²) in [6, 6.07) is -1.11. The number of imidazole rings is 1. The molecule has 6 heteroatoms. The zero-order chi connectivity index (χ0) is 12.6. The lowest BCUT2D eigenvalue weighted by atomic mass is 10.1. The smallest absolute Gasteiger partial charge is 0.326 e. The van der Waals surface area contributed by atoms with Crippen LogP contribution in [0.15, 0.2) is 18.6 Å². The van der Waals surface area contributed by atoms with Gasteiger partial charge in [0.1, 0.15) is 6.04 Å². The van der Waals surface area contributed by atoms with Gasteiger partial charge in [-0.15, -0.1) is 0 Å². The SMILES string of the molecule is CC(C)c1cnc2nc(C(N)C(=O)O)cn2c1. The first-order valence-corrected chi connectivity index (χ1v) is 5.32. The molecule has 0 aliphatic rings. The van der Waals surface area contributed by atoms with Crippen LogP contribution in [0.3, 0.4) is 0 Å². The van der Waals surface area contributed by atoms with E-state index in [9.17, 15) is 4.79 Å². The molecule has 0 aliphatic heterocycles. The molecular weight excluding hydrogens is 220 g/mol. The number of nitrogens with two attached hydrogens (primary N) is 1. The van der Waals surface area contributed by atoms with Gasteiger partial charge in [0.15, 0.2) is 0 Å². The summed E-state index contributed by atoms with van der Waals surface area (Å²) >= 11 is 0. The Balaban J connectivity index is 2.47. The van der Waals surface area contributed by atoms with Crippen molar-refractivity contribution >= 4 is 11.7 Å². The fraction of sp³-hybridized carbons (Fsp3) is 0.364. The van der Waals surface area contributed by atoms with Crippen molar-refractivity contribution in [1.29, 1.82) is 0 Å². The summed E-state index contributed by atoms with van der Waals surface area (Å²) in [6.07, 6.45) is 5.23. The van der Waals surface area contributed by atoms with Crippen molar-refractivity contribution in [2.45, 2.75) is 25.8 Å². The van der Waals surface area contributed by atoms with Gasteiger partial charge in [0.2, 0.25) is 5.78 Å². The minimum absolute atomic E-state index is 0.311. The van der Waals surface area contributed by atoms with Crippen molar-refractivity contribution in [2.75, 3.05) is 0 Å². The Bertz CT molecular complexity index is 562. The van der Waals surface area contributed by atoms with Crippen LogP contribution in [-0.2, 0) is 4.79 Å². The minimum Gasteiger partial charge on any atom is -0.480 e. The Hall–Kier alpha value is -1.95. The van der Waals surface area contributed by atoms with Gasteiger partial charge in [0.25, 0.3) is 0 Å². The predicted molar refractivity (Wildman–Crippen MR) is 61.6 cm³/mol. The van der Waals surface area contributed by atoms with Crippen LogP contribution in [0.5, 0.6) is 0 Å². The van der Waals surface area contributed by atoms with Gasteiger partial charge in [-0.25, -0.2) is 9.97 Å². The molecule has 2 heterocycles. The van der Waals surface area contributed by atoms with Crippen molar-refractivity contribution in [1.82, 2.24) is 14.4 Å². The highest BCUT2D eigenvalue weighted by Crippen LogP contribution is 2.15. The Kier molecular flexibility index (Phi) is 2.81. The zero-order valence-electron chi connectivity index (χ0n) is 9.66. The molecule has 2 aromatic rings. The number of carbonyl (C=O) groups is 1. The lowest BCUT2D eigenvalue weighted by Crippen LogP contribution is -2.20. The molecule has 0 aromatic carbocycles. The minimum atomic E-state index is -1.11. The number of aliphatic carboxylic acids is 1. The van der Waals surface area contributed by atoms with Crippen molar-refractivity contribution in [3.63, 3.8) is 0 Å². The van der Waals surface area contributed by atoms with E-state index in [1.165, 1.54) is 0 Å². The second kappa shape index (κ2) is 4.14. The average Bonchev–Trinajstić information content (AvgIpc) is 2.69. The highest BCUT2D eigenvalue weighted by atomic mass is 16.4. The summed E-state index contributed by atoms with van der Waals surface area (Å²) in [4.78, 5) is 19.0. The molecule has 0 bridgehead atoms. The monoisotopic (exact) mass is 234 g/mol. The van der Waals surface area contributed by atoms with Crippen LogP contribution < -0.4 is 5.73 Å². The number of fused-ring (bicyclic) bond motifs is 1. The fourth-order valence-electron chi connectivity index (χ4n) is 1.49. The number of hydrogen-bond acceptors (Lipinski definition) is 4. The van der Waals surface area contributed by atoms with Gasteiger partial charge in [-0.1, -0.05) is 13.8 Å². The molecule has 2 aromatic heterocycles. The second-order valence-electron chi connectivity index (χ2n) is 4.23. The maximum Gasteiger partial charge on any atom is 0.326 e. The Morgan fingerprint density at radius 3 is 2.76 bits per heavy atom. The number of hydrogen-bond donors (Lipinski definition) is 2. The Labute approximate surface area is 98.1 Å². The Morgan fingerprint density at radius 2 is 2.18 bits per heavy atom. The summed E-state index contributed by atoms with van der Waals surface area (Å²) < 4.78 is 1.70. The number of carboxylic acid groups (broad SMARTS) is 1. The van der Waals surface area contributed by atoms with E-state index < -0.39 is 12.0 Å². The molecule has 1 atom stereocenters. The van der Waals surface area contributed by atoms with Crippen LogP contribution in [0, 0.1) is 0 Å². The van der Waals surface area contributed by atoms with Crippen molar-refractivity contribution in [3.8, 4) is 0 Å². The lowest BCUT2D eigenvalue weighted by molar-refractivity contribution is -0.138. The summed E-state index contributed by atoms with van der Waals surface area (Å²) in [5.41, 5.74) is 6.87. The summed E-state index contributed by atoms with van der Waals surface area (Å²) in [7, 11) is 0. The molecule has 90 valence electrons. The fourth-order valence-corrected chi connectivity index (χ4v) is 1.49. The molecule has 2 rings (SSSR count). The first-order valence-electron chi connectivity index (χ1n) is 5.32. The van der Waals surface area contributed by atoms with Crippen molar-refractivity contribution < 1.29 is 9.90 Å². The van der Waals surface area contributed by atoms with Gasteiger partial charge >= 0.3 is 5.97 Å². The van der Waals surface area contributed by atoms with Crippen LogP contribution in [0.25, 0.3) is 5.78 Å². The normalized spacial score (nSPS) is 13.2. The molecule has 17 heavy (non-hydrogen) atoms. The molecule has 0 fully saturated rings. The highest BCUT2D eigenvalue weighted by molar-refractivity contribution is 5.74. The van der Waals surface area contributed by atoms with Gasteiger partial charge in [-0.2, -0.15) is 0 Å².